The third-order valence-corrected chi connectivity index (χ3v) is 3.55. The van der Waals surface area contributed by atoms with E-state index in [4.69, 9.17) is 21.4 Å². The van der Waals surface area contributed by atoms with Gasteiger partial charge in [0.25, 0.3) is 0 Å². The van der Waals surface area contributed by atoms with Crippen molar-refractivity contribution in [2.75, 3.05) is 0 Å². The second-order valence-electron chi connectivity index (χ2n) is 4.68. The number of carboxylic acid groups (broad SMARTS) is 1. The molecule has 0 bridgehead atoms. The molecule has 1 N–H and O–H groups in total. The smallest absolute Gasteiger partial charge is 0.341 e. The van der Waals surface area contributed by atoms with E-state index in [1.54, 1.807) is 0 Å². The average molecular weight is 290 g/mol. The van der Waals surface area contributed by atoms with Crippen molar-refractivity contribution in [3.63, 3.8) is 0 Å². The summed E-state index contributed by atoms with van der Waals surface area (Å²) < 4.78 is 5.60. The molecule has 0 aliphatic heterocycles. The maximum atomic E-state index is 11.1. The van der Waals surface area contributed by atoms with E-state index in [-0.39, 0.29) is 16.6 Å². The highest BCUT2D eigenvalue weighted by atomic mass is 35.5. The lowest BCUT2D eigenvalue weighted by Crippen LogP contribution is -2.02. The molecule has 1 aromatic carbocycles. The molecule has 102 valence electrons. The first-order chi connectivity index (χ1) is 9.63. The van der Waals surface area contributed by atoms with Crippen LogP contribution in [0.25, 0.3) is 0 Å². The molecule has 4 nitrogen and oxygen atoms in total. The number of hydrogen-bond acceptors (Lipinski definition) is 3. The molecule has 1 aromatic heterocycles. The van der Waals surface area contributed by atoms with Gasteiger partial charge in [-0.1, -0.05) is 17.7 Å². The number of fused-ring (bicyclic) bond motifs is 1. The van der Waals surface area contributed by atoms with Crippen LogP contribution in [0.15, 0.2) is 30.3 Å². The summed E-state index contributed by atoms with van der Waals surface area (Å²) in [5.41, 5.74) is 2.58. The van der Waals surface area contributed by atoms with Crippen LogP contribution in [0.1, 0.15) is 27.9 Å². The van der Waals surface area contributed by atoms with Gasteiger partial charge in [-0.2, -0.15) is 0 Å². The number of carbonyl (C=O) groups is 1. The summed E-state index contributed by atoms with van der Waals surface area (Å²) in [5, 5.41) is 9.33. The SMILES string of the molecule is O=C(O)c1ccc(Cl)nc1Oc1ccc2c(c1)CCC2. The van der Waals surface area contributed by atoms with Crippen molar-refractivity contribution in [1.82, 2.24) is 4.98 Å². The van der Waals surface area contributed by atoms with Crippen LogP contribution >= 0.6 is 11.6 Å². The first-order valence-electron chi connectivity index (χ1n) is 6.33. The largest absolute Gasteiger partial charge is 0.477 e. The van der Waals surface area contributed by atoms with E-state index in [0.717, 1.165) is 19.3 Å². The van der Waals surface area contributed by atoms with E-state index in [2.05, 4.69) is 4.98 Å². The molecule has 20 heavy (non-hydrogen) atoms. The summed E-state index contributed by atoms with van der Waals surface area (Å²) in [5.74, 6) is -0.490. The van der Waals surface area contributed by atoms with Gasteiger partial charge in [0, 0.05) is 0 Å². The van der Waals surface area contributed by atoms with Crippen LogP contribution in [-0.2, 0) is 12.8 Å². The number of rotatable bonds is 3. The fourth-order valence-corrected chi connectivity index (χ4v) is 2.52. The molecule has 0 radical (unpaired) electrons. The second-order valence-corrected chi connectivity index (χ2v) is 5.07. The summed E-state index contributed by atoms with van der Waals surface area (Å²) in [7, 11) is 0. The van der Waals surface area contributed by atoms with Crippen molar-refractivity contribution in [2.45, 2.75) is 19.3 Å². The minimum absolute atomic E-state index is 0.00472. The van der Waals surface area contributed by atoms with Crippen molar-refractivity contribution in [3.8, 4) is 11.6 Å². The van der Waals surface area contributed by atoms with E-state index in [1.807, 2.05) is 18.2 Å². The number of benzene rings is 1. The van der Waals surface area contributed by atoms with Crippen molar-refractivity contribution >= 4 is 17.6 Å². The molecule has 0 saturated carbocycles. The maximum absolute atomic E-state index is 11.1. The topological polar surface area (TPSA) is 59.4 Å². The Hall–Kier alpha value is -2.07. The zero-order valence-electron chi connectivity index (χ0n) is 10.6. The molecular formula is C15H12ClNO3. The number of aromatic carboxylic acids is 1. The van der Waals surface area contributed by atoms with Gasteiger partial charge in [0.2, 0.25) is 5.88 Å². The molecule has 1 aliphatic carbocycles. The van der Waals surface area contributed by atoms with Gasteiger partial charge in [0.1, 0.15) is 16.5 Å². The van der Waals surface area contributed by atoms with Crippen LogP contribution in [0, 0.1) is 0 Å². The Balaban J connectivity index is 1.95. The molecule has 0 spiro atoms. The molecule has 1 aliphatic rings. The van der Waals surface area contributed by atoms with Crippen molar-refractivity contribution in [2.24, 2.45) is 0 Å². The summed E-state index contributed by atoms with van der Waals surface area (Å²) in [4.78, 5) is 15.1. The molecule has 2 aromatic rings. The zero-order chi connectivity index (χ0) is 14.1. The molecular weight excluding hydrogens is 278 g/mol. The standard InChI is InChI=1S/C15H12ClNO3/c16-13-7-6-12(15(18)19)14(17-13)20-11-5-4-9-2-1-3-10(9)8-11/h4-8H,1-3H2,(H,18,19). The zero-order valence-corrected chi connectivity index (χ0v) is 11.4. The molecule has 5 heteroatoms. The van der Waals surface area contributed by atoms with E-state index in [0.29, 0.717) is 5.75 Å². The Morgan fingerprint density at radius 2 is 2.00 bits per heavy atom. The number of ether oxygens (including phenoxy) is 1. The molecule has 0 amide bonds. The van der Waals surface area contributed by atoms with Gasteiger partial charge in [0.15, 0.2) is 0 Å². The van der Waals surface area contributed by atoms with Gasteiger partial charge in [-0.3, -0.25) is 0 Å². The lowest BCUT2D eigenvalue weighted by atomic mass is 10.1. The predicted octanol–water partition coefficient (Wildman–Crippen LogP) is 3.71. The van der Waals surface area contributed by atoms with Gasteiger partial charge < -0.3 is 9.84 Å². The normalized spacial score (nSPS) is 13.1. The summed E-state index contributed by atoms with van der Waals surface area (Å²) in [6, 6.07) is 8.61. The molecule has 0 saturated heterocycles. The lowest BCUT2D eigenvalue weighted by molar-refractivity contribution is 0.0693. The van der Waals surface area contributed by atoms with E-state index in [1.165, 1.54) is 23.3 Å². The van der Waals surface area contributed by atoms with E-state index >= 15 is 0 Å². The first kappa shape index (κ1) is 12.9. The summed E-state index contributed by atoms with van der Waals surface area (Å²) >= 11 is 5.80. The Labute approximate surface area is 121 Å². The van der Waals surface area contributed by atoms with Crippen molar-refractivity contribution in [1.29, 1.82) is 0 Å². The number of aryl methyl sites for hydroxylation is 2. The fraction of sp³-hybridized carbons (Fsp3) is 0.200. The van der Waals surface area contributed by atoms with Gasteiger partial charge in [-0.05, 0) is 54.7 Å². The Bertz CT molecular complexity index is 685. The Kier molecular flexibility index (Phi) is 3.32. The number of hydrogen-bond donors (Lipinski definition) is 1. The average Bonchev–Trinajstić information content (AvgIpc) is 2.85. The molecule has 0 fully saturated rings. The monoisotopic (exact) mass is 289 g/mol. The molecule has 3 rings (SSSR count). The Morgan fingerprint density at radius 1 is 1.20 bits per heavy atom. The highest BCUT2D eigenvalue weighted by Crippen LogP contribution is 2.30. The second kappa shape index (κ2) is 5.13. The van der Waals surface area contributed by atoms with Crippen LogP contribution in [0.5, 0.6) is 11.6 Å². The molecule has 0 atom stereocenters. The Morgan fingerprint density at radius 3 is 2.80 bits per heavy atom. The summed E-state index contributed by atoms with van der Waals surface area (Å²) in [6.45, 7) is 0. The highest BCUT2D eigenvalue weighted by Gasteiger charge is 2.16. The minimum Gasteiger partial charge on any atom is -0.477 e. The summed E-state index contributed by atoms with van der Waals surface area (Å²) in [6.07, 6.45) is 3.27. The first-order valence-corrected chi connectivity index (χ1v) is 6.71. The van der Waals surface area contributed by atoms with Crippen molar-refractivity contribution in [3.05, 3.63) is 52.2 Å². The predicted molar refractivity (Wildman–Crippen MR) is 74.7 cm³/mol. The quantitative estimate of drug-likeness (QED) is 0.875. The minimum atomic E-state index is -1.09. The van der Waals surface area contributed by atoms with Crippen LogP contribution in [-0.4, -0.2) is 16.1 Å². The van der Waals surface area contributed by atoms with Crippen LogP contribution in [0.2, 0.25) is 5.15 Å². The van der Waals surface area contributed by atoms with Crippen molar-refractivity contribution < 1.29 is 14.6 Å². The number of halogens is 1. The van der Waals surface area contributed by atoms with Gasteiger partial charge in [-0.25, -0.2) is 9.78 Å². The van der Waals surface area contributed by atoms with E-state index < -0.39 is 5.97 Å². The van der Waals surface area contributed by atoms with Gasteiger partial charge in [0.05, 0.1) is 0 Å². The van der Waals surface area contributed by atoms with E-state index in [9.17, 15) is 4.79 Å². The number of aromatic nitrogens is 1. The third-order valence-electron chi connectivity index (χ3n) is 3.34. The fourth-order valence-electron chi connectivity index (χ4n) is 2.38. The maximum Gasteiger partial charge on any atom is 0.341 e. The number of pyridine rings is 1. The number of carboxylic acids is 1. The number of nitrogens with zero attached hydrogens (tertiary/aromatic N) is 1. The molecule has 1 heterocycles. The van der Waals surface area contributed by atoms with Crippen LogP contribution in [0.3, 0.4) is 0 Å². The third kappa shape index (κ3) is 2.47. The lowest BCUT2D eigenvalue weighted by Gasteiger charge is -2.09. The van der Waals surface area contributed by atoms with Crippen LogP contribution < -0.4 is 4.74 Å². The van der Waals surface area contributed by atoms with Gasteiger partial charge >= 0.3 is 5.97 Å². The van der Waals surface area contributed by atoms with Gasteiger partial charge in [-0.15, -0.1) is 0 Å². The highest BCUT2D eigenvalue weighted by molar-refractivity contribution is 6.29. The molecule has 0 unspecified atom stereocenters. The van der Waals surface area contributed by atoms with Crippen LogP contribution in [0.4, 0.5) is 0 Å².